The smallest absolute Gasteiger partial charge is 0.396 e. The number of aliphatic hydroxyl groups excluding tert-OH is 1. The normalized spacial score (nSPS) is 12.6. The molecule has 0 aliphatic rings. The summed E-state index contributed by atoms with van der Waals surface area (Å²) in [5.41, 5.74) is -1.12. The van der Waals surface area contributed by atoms with Crippen molar-refractivity contribution < 1.29 is 31.4 Å². The molecule has 0 amide bonds. The fourth-order valence-corrected chi connectivity index (χ4v) is 4.00. The lowest BCUT2D eigenvalue weighted by Crippen LogP contribution is -2.12. The molecule has 0 atom stereocenters. The Morgan fingerprint density at radius 3 is 2.27 bits per heavy atom. The molecule has 0 fully saturated rings. The molecule has 1 N–H and O–H groups in total. The maximum atomic E-state index is 13.3. The number of halogens is 6. The number of aliphatic hydroxyl groups is 1. The number of nitrogens with zero attached hydrogens (tertiary/aromatic N) is 3. The Kier molecular flexibility index (Phi) is 8.81. The van der Waals surface area contributed by atoms with Crippen molar-refractivity contribution in [3.05, 3.63) is 82.7 Å². The van der Waals surface area contributed by atoms with E-state index in [4.69, 9.17) is 5.11 Å². The highest BCUT2D eigenvalue weighted by atomic mass is 19.4. The first kappa shape index (κ1) is 28.0. The van der Waals surface area contributed by atoms with Gasteiger partial charge >= 0.3 is 12.4 Å². The van der Waals surface area contributed by atoms with Crippen molar-refractivity contribution in [1.29, 1.82) is 5.26 Å². The first-order chi connectivity index (χ1) is 17.4. The zero-order chi connectivity index (χ0) is 27.2. The highest BCUT2D eigenvalue weighted by molar-refractivity contribution is 5.88. The van der Waals surface area contributed by atoms with Gasteiger partial charge in [0.15, 0.2) is 0 Å². The Labute approximate surface area is 210 Å². The van der Waals surface area contributed by atoms with E-state index in [9.17, 15) is 31.6 Å². The van der Waals surface area contributed by atoms with Crippen molar-refractivity contribution >= 4 is 17.1 Å². The number of pyridine rings is 1. The fourth-order valence-electron chi connectivity index (χ4n) is 4.00. The molecule has 2 aromatic heterocycles. The van der Waals surface area contributed by atoms with Gasteiger partial charge in [-0.1, -0.05) is 19.4 Å². The molecule has 1 aromatic carbocycles. The lowest BCUT2D eigenvalue weighted by molar-refractivity contribution is -0.143. The van der Waals surface area contributed by atoms with Gasteiger partial charge in [0.05, 0.1) is 22.8 Å². The first-order valence-electron chi connectivity index (χ1n) is 11.6. The third-order valence-corrected chi connectivity index (χ3v) is 5.85. The second kappa shape index (κ2) is 11.6. The van der Waals surface area contributed by atoms with Crippen molar-refractivity contribution in [2.45, 2.75) is 51.0 Å². The molecule has 3 aromatic rings. The summed E-state index contributed by atoms with van der Waals surface area (Å²) in [6, 6.07) is 6.96. The molecule has 37 heavy (non-hydrogen) atoms. The summed E-state index contributed by atoms with van der Waals surface area (Å²) in [5.74, 6) is 0. The monoisotopic (exact) mass is 521 g/mol. The number of unbranched alkanes of at least 4 members (excludes halogenated alkanes) is 3. The average Bonchev–Trinajstić information content (AvgIpc) is 3.18. The van der Waals surface area contributed by atoms with Gasteiger partial charge in [0, 0.05) is 36.5 Å². The van der Waals surface area contributed by atoms with Gasteiger partial charge in [-0.15, -0.1) is 0 Å². The van der Waals surface area contributed by atoms with Crippen LogP contribution in [0.2, 0.25) is 0 Å². The van der Waals surface area contributed by atoms with Crippen LogP contribution in [-0.2, 0) is 18.9 Å². The summed E-state index contributed by atoms with van der Waals surface area (Å²) >= 11 is 0. The molecule has 0 radical (unpaired) electrons. The van der Waals surface area contributed by atoms with Gasteiger partial charge in [0.25, 0.3) is 0 Å². The van der Waals surface area contributed by atoms with Crippen molar-refractivity contribution in [2.75, 3.05) is 6.61 Å². The molecule has 0 aliphatic carbocycles. The third kappa shape index (κ3) is 7.23. The van der Waals surface area contributed by atoms with E-state index in [1.54, 1.807) is 24.4 Å². The third-order valence-electron chi connectivity index (χ3n) is 5.85. The minimum atomic E-state index is -4.94. The van der Waals surface area contributed by atoms with Gasteiger partial charge in [-0.2, -0.15) is 31.6 Å². The molecular weight excluding hydrogens is 496 g/mol. The van der Waals surface area contributed by atoms with Gasteiger partial charge in [-0.3, -0.25) is 0 Å². The van der Waals surface area contributed by atoms with Gasteiger partial charge < -0.3 is 9.67 Å². The molecular formula is C27H25F6N3O. The number of alkyl halides is 6. The average molecular weight is 522 g/mol. The van der Waals surface area contributed by atoms with Gasteiger partial charge in [-0.05, 0) is 66.8 Å². The number of nitriles is 1. The summed E-state index contributed by atoms with van der Waals surface area (Å²) < 4.78 is 81.2. The fraction of sp³-hybridized carbons (Fsp3) is 0.333. The molecule has 2 heterocycles. The standard InChI is InChI=1S/C27H25F6N3O/c1-18(7-4-2-3-5-10-37)20(15-34)13-21-17-36(25-24(21)8-6-9-35-25)16-19-11-22(26(28,29)30)14-23(12-19)27(31,32)33/h6,8-9,11-14,17,37H,1-5,7,10,16H2/b20-13+. The molecule has 0 bridgehead atoms. The van der Waals surface area contributed by atoms with Gasteiger partial charge in [0.2, 0.25) is 0 Å². The Balaban J connectivity index is 1.96. The largest absolute Gasteiger partial charge is 0.416 e. The predicted molar refractivity (Wildman–Crippen MR) is 128 cm³/mol. The molecule has 0 spiro atoms. The summed E-state index contributed by atoms with van der Waals surface area (Å²) in [7, 11) is 0. The second-order valence-electron chi connectivity index (χ2n) is 8.66. The Hall–Kier alpha value is -3.58. The summed E-state index contributed by atoms with van der Waals surface area (Å²) in [6.07, 6.45) is -1.46. The zero-order valence-corrected chi connectivity index (χ0v) is 19.8. The number of benzene rings is 1. The minimum absolute atomic E-state index is 0.0955. The van der Waals surface area contributed by atoms with Crippen LogP contribution in [0.25, 0.3) is 17.1 Å². The topological polar surface area (TPSA) is 61.8 Å². The van der Waals surface area contributed by atoms with Crippen LogP contribution in [0, 0.1) is 11.3 Å². The van der Waals surface area contributed by atoms with E-state index in [1.807, 2.05) is 0 Å². The Morgan fingerprint density at radius 2 is 1.68 bits per heavy atom. The number of hydrogen-bond donors (Lipinski definition) is 1. The maximum absolute atomic E-state index is 13.3. The Bertz CT molecular complexity index is 1300. The van der Waals surface area contributed by atoms with Crippen LogP contribution in [-0.4, -0.2) is 21.3 Å². The van der Waals surface area contributed by atoms with E-state index >= 15 is 0 Å². The number of hydrogen-bond acceptors (Lipinski definition) is 3. The Morgan fingerprint density at radius 1 is 1.03 bits per heavy atom. The van der Waals surface area contributed by atoms with E-state index in [-0.39, 0.29) is 24.8 Å². The number of rotatable bonds is 10. The van der Waals surface area contributed by atoms with Crippen molar-refractivity contribution in [3.8, 4) is 6.07 Å². The van der Waals surface area contributed by atoms with E-state index < -0.39 is 23.5 Å². The van der Waals surface area contributed by atoms with Crippen LogP contribution in [0.15, 0.2) is 60.5 Å². The quantitative estimate of drug-likeness (QED) is 0.130. The first-order valence-corrected chi connectivity index (χ1v) is 11.6. The lowest BCUT2D eigenvalue weighted by Gasteiger charge is -2.14. The summed E-state index contributed by atoms with van der Waals surface area (Å²) in [5, 5.41) is 19.1. The van der Waals surface area contributed by atoms with Crippen LogP contribution in [0.5, 0.6) is 0 Å². The maximum Gasteiger partial charge on any atom is 0.416 e. The van der Waals surface area contributed by atoms with Gasteiger partial charge in [0.1, 0.15) is 5.65 Å². The van der Waals surface area contributed by atoms with Crippen LogP contribution >= 0.6 is 0 Å². The SMILES string of the molecule is C=C(CCCCCCO)/C(C#N)=C/c1cn(Cc2cc(C(F)(F)F)cc(C(F)(F)F)c2)c2ncccc12. The zero-order valence-electron chi connectivity index (χ0n) is 19.8. The lowest BCUT2D eigenvalue weighted by atomic mass is 9.99. The molecule has 3 rings (SSSR count). The molecule has 0 saturated carbocycles. The van der Waals surface area contributed by atoms with Crippen molar-refractivity contribution in [3.63, 3.8) is 0 Å². The molecule has 0 aliphatic heterocycles. The van der Waals surface area contributed by atoms with E-state index in [1.165, 1.54) is 10.8 Å². The molecule has 0 saturated heterocycles. The van der Waals surface area contributed by atoms with Crippen LogP contribution in [0.4, 0.5) is 26.3 Å². The van der Waals surface area contributed by atoms with E-state index in [2.05, 4.69) is 17.6 Å². The van der Waals surface area contributed by atoms with Crippen molar-refractivity contribution in [2.24, 2.45) is 0 Å². The molecule has 10 heteroatoms. The molecule has 196 valence electrons. The highest BCUT2D eigenvalue weighted by Gasteiger charge is 2.36. The predicted octanol–water partition coefficient (Wildman–Crippen LogP) is 7.53. The van der Waals surface area contributed by atoms with Crippen molar-refractivity contribution in [1.82, 2.24) is 9.55 Å². The van der Waals surface area contributed by atoms with Crippen LogP contribution in [0.1, 0.15) is 54.4 Å². The number of aromatic nitrogens is 2. The molecule has 4 nitrogen and oxygen atoms in total. The van der Waals surface area contributed by atoms with Gasteiger partial charge in [-0.25, -0.2) is 4.98 Å². The number of allylic oxidation sites excluding steroid dienone is 2. The van der Waals surface area contributed by atoms with E-state index in [0.717, 1.165) is 19.3 Å². The van der Waals surface area contributed by atoms with E-state index in [0.29, 0.717) is 52.7 Å². The highest BCUT2D eigenvalue weighted by Crippen LogP contribution is 2.37. The molecule has 0 unspecified atom stereocenters. The van der Waals surface area contributed by atoms with Crippen LogP contribution < -0.4 is 0 Å². The minimum Gasteiger partial charge on any atom is -0.396 e. The van der Waals surface area contributed by atoms with Crippen LogP contribution in [0.3, 0.4) is 0 Å². The second-order valence-corrected chi connectivity index (χ2v) is 8.66. The number of fused-ring (bicyclic) bond motifs is 1. The summed E-state index contributed by atoms with van der Waals surface area (Å²) in [4.78, 5) is 4.26. The summed E-state index contributed by atoms with van der Waals surface area (Å²) in [6.45, 7) is 3.82.